The molecule has 0 saturated carbocycles. The lowest BCUT2D eigenvalue weighted by Gasteiger charge is -2.36. The fraction of sp³-hybridized carbons (Fsp3) is 0.765. The highest BCUT2D eigenvalue weighted by molar-refractivity contribution is 5.06. The van der Waals surface area contributed by atoms with Gasteiger partial charge in [0.25, 0.3) is 0 Å². The average Bonchev–Trinajstić information content (AvgIpc) is 3.16. The van der Waals surface area contributed by atoms with Crippen LogP contribution >= 0.6 is 0 Å². The Kier molecular flexibility index (Phi) is 4.99. The largest absolute Gasteiger partial charge is 0.468 e. The molecular weight excluding hydrogens is 262 g/mol. The van der Waals surface area contributed by atoms with Crippen LogP contribution < -0.4 is 5.32 Å². The Morgan fingerprint density at radius 3 is 2.81 bits per heavy atom. The molecule has 3 rings (SSSR count). The maximum Gasteiger partial charge on any atom is 0.122 e. The van der Waals surface area contributed by atoms with Gasteiger partial charge in [-0.05, 0) is 71.4 Å². The van der Waals surface area contributed by atoms with Crippen molar-refractivity contribution in [3.05, 3.63) is 24.2 Å². The minimum atomic E-state index is 0.400. The van der Waals surface area contributed by atoms with Crippen LogP contribution in [0.5, 0.6) is 0 Å². The van der Waals surface area contributed by atoms with E-state index >= 15 is 0 Å². The monoisotopic (exact) mass is 291 g/mol. The number of furan rings is 1. The highest BCUT2D eigenvalue weighted by Gasteiger charge is 2.28. The van der Waals surface area contributed by atoms with E-state index in [-0.39, 0.29) is 0 Å². The third-order valence-corrected chi connectivity index (χ3v) is 5.26. The summed E-state index contributed by atoms with van der Waals surface area (Å²) < 4.78 is 5.70. The van der Waals surface area contributed by atoms with Crippen molar-refractivity contribution in [3.63, 3.8) is 0 Å². The van der Waals surface area contributed by atoms with Crippen LogP contribution in [0.1, 0.15) is 44.4 Å². The molecule has 2 aliphatic heterocycles. The summed E-state index contributed by atoms with van der Waals surface area (Å²) in [6, 6.07) is 5.87. The second-order valence-electron chi connectivity index (χ2n) is 6.73. The number of nitrogens with one attached hydrogen (secondary N) is 1. The van der Waals surface area contributed by atoms with Crippen LogP contribution in [0, 0.1) is 0 Å². The van der Waals surface area contributed by atoms with Gasteiger partial charge in [-0.25, -0.2) is 0 Å². The van der Waals surface area contributed by atoms with E-state index in [1.807, 2.05) is 6.07 Å². The van der Waals surface area contributed by atoms with Gasteiger partial charge in [-0.2, -0.15) is 0 Å². The molecule has 4 heteroatoms. The molecule has 1 aromatic heterocycles. The van der Waals surface area contributed by atoms with Gasteiger partial charge < -0.3 is 14.6 Å². The Balaban J connectivity index is 1.57. The summed E-state index contributed by atoms with van der Waals surface area (Å²) in [4.78, 5) is 5.03. The van der Waals surface area contributed by atoms with Crippen LogP contribution in [0.15, 0.2) is 22.8 Å². The molecule has 0 spiro atoms. The quantitative estimate of drug-likeness (QED) is 0.903. The lowest BCUT2D eigenvalue weighted by atomic mass is 9.98. The van der Waals surface area contributed by atoms with Gasteiger partial charge in [-0.3, -0.25) is 4.90 Å². The molecule has 3 unspecified atom stereocenters. The molecule has 2 fully saturated rings. The van der Waals surface area contributed by atoms with E-state index in [0.29, 0.717) is 18.1 Å². The summed E-state index contributed by atoms with van der Waals surface area (Å²) in [6.07, 6.45) is 6.95. The van der Waals surface area contributed by atoms with E-state index in [4.69, 9.17) is 4.42 Å². The van der Waals surface area contributed by atoms with E-state index < -0.39 is 0 Å². The fourth-order valence-corrected chi connectivity index (χ4v) is 3.70. The molecule has 0 bridgehead atoms. The maximum absolute atomic E-state index is 5.70. The number of nitrogens with zero attached hydrogens (tertiary/aromatic N) is 2. The first-order valence-corrected chi connectivity index (χ1v) is 8.45. The van der Waals surface area contributed by atoms with E-state index in [0.717, 1.165) is 12.3 Å². The van der Waals surface area contributed by atoms with Gasteiger partial charge in [0, 0.05) is 18.6 Å². The number of hydrogen-bond donors (Lipinski definition) is 1. The Morgan fingerprint density at radius 1 is 1.33 bits per heavy atom. The molecule has 118 valence electrons. The zero-order chi connectivity index (χ0) is 14.7. The molecule has 2 aliphatic rings. The first-order chi connectivity index (χ1) is 10.2. The minimum Gasteiger partial charge on any atom is -0.468 e. The topological polar surface area (TPSA) is 31.7 Å². The molecule has 0 radical (unpaired) electrons. The number of hydrogen-bond acceptors (Lipinski definition) is 4. The second kappa shape index (κ2) is 6.95. The number of piperidine rings is 1. The smallest absolute Gasteiger partial charge is 0.122 e. The summed E-state index contributed by atoms with van der Waals surface area (Å²) in [5.74, 6) is 1.12. The first kappa shape index (κ1) is 15.1. The molecule has 1 N–H and O–H groups in total. The predicted octanol–water partition coefficient (Wildman–Crippen LogP) is 2.49. The lowest BCUT2D eigenvalue weighted by molar-refractivity contribution is 0.153. The van der Waals surface area contributed by atoms with Crippen molar-refractivity contribution in [2.24, 2.45) is 0 Å². The van der Waals surface area contributed by atoms with E-state index in [2.05, 4.69) is 35.2 Å². The normalized spacial score (nSPS) is 29.8. The molecule has 1 aromatic rings. The highest BCUT2D eigenvalue weighted by atomic mass is 16.3. The van der Waals surface area contributed by atoms with Gasteiger partial charge in [-0.15, -0.1) is 0 Å². The van der Waals surface area contributed by atoms with Crippen molar-refractivity contribution in [1.29, 1.82) is 0 Å². The van der Waals surface area contributed by atoms with E-state index in [1.165, 1.54) is 45.3 Å². The minimum absolute atomic E-state index is 0.400. The SMILES string of the molecule is CC1CC(NCC(c2ccco2)N2CCCC2)CCN1C. The summed E-state index contributed by atoms with van der Waals surface area (Å²) in [7, 11) is 2.23. The van der Waals surface area contributed by atoms with Crippen molar-refractivity contribution in [3.8, 4) is 0 Å². The van der Waals surface area contributed by atoms with Crippen molar-refractivity contribution in [1.82, 2.24) is 15.1 Å². The second-order valence-corrected chi connectivity index (χ2v) is 6.73. The van der Waals surface area contributed by atoms with E-state index in [1.54, 1.807) is 6.26 Å². The van der Waals surface area contributed by atoms with Crippen molar-refractivity contribution in [2.75, 3.05) is 33.2 Å². The van der Waals surface area contributed by atoms with Gasteiger partial charge >= 0.3 is 0 Å². The summed E-state index contributed by atoms with van der Waals surface area (Å²) in [5, 5.41) is 3.81. The van der Waals surface area contributed by atoms with Crippen LogP contribution in [-0.4, -0.2) is 55.1 Å². The van der Waals surface area contributed by atoms with Gasteiger partial charge in [0.05, 0.1) is 12.3 Å². The van der Waals surface area contributed by atoms with Crippen molar-refractivity contribution < 1.29 is 4.42 Å². The van der Waals surface area contributed by atoms with Crippen molar-refractivity contribution in [2.45, 2.75) is 50.7 Å². The van der Waals surface area contributed by atoms with Gasteiger partial charge in [-0.1, -0.05) is 0 Å². The van der Waals surface area contributed by atoms with Gasteiger partial charge in [0.15, 0.2) is 0 Å². The van der Waals surface area contributed by atoms with Crippen LogP contribution in [0.25, 0.3) is 0 Å². The van der Waals surface area contributed by atoms with Gasteiger partial charge in [0.2, 0.25) is 0 Å². The first-order valence-electron chi connectivity index (χ1n) is 8.45. The maximum atomic E-state index is 5.70. The van der Waals surface area contributed by atoms with E-state index in [9.17, 15) is 0 Å². The Labute approximate surface area is 128 Å². The zero-order valence-electron chi connectivity index (χ0n) is 13.4. The molecule has 3 atom stereocenters. The molecule has 2 saturated heterocycles. The van der Waals surface area contributed by atoms with Crippen molar-refractivity contribution >= 4 is 0 Å². The van der Waals surface area contributed by atoms with Gasteiger partial charge in [0.1, 0.15) is 5.76 Å². The van der Waals surface area contributed by atoms with Crippen LogP contribution in [0.4, 0.5) is 0 Å². The molecule has 0 aromatic carbocycles. The number of rotatable bonds is 5. The molecule has 0 aliphatic carbocycles. The third kappa shape index (κ3) is 3.68. The standard InChI is InChI=1S/C17H29N3O/c1-14-12-15(7-10-19(14)2)18-13-16(17-6-5-11-21-17)20-8-3-4-9-20/h5-6,11,14-16,18H,3-4,7-10,12-13H2,1-2H3. The molecule has 0 amide bonds. The Bertz CT molecular complexity index is 414. The van der Waals surface area contributed by atoms with Crippen LogP contribution in [0.3, 0.4) is 0 Å². The van der Waals surface area contributed by atoms with Crippen LogP contribution in [0.2, 0.25) is 0 Å². The fourth-order valence-electron chi connectivity index (χ4n) is 3.70. The molecule has 21 heavy (non-hydrogen) atoms. The van der Waals surface area contributed by atoms with Crippen LogP contribution in [-0.2, 0) is 0 Å². The third-order valence-electron chi connectivity index (χ3n) is 5.26. The Hall–Kier alpha value is -0.840. The summed E-state index contributed by atoms with van der Waals surface area (Å²) in [5.41, 5.74) is 0. The molecule has 3 heterocycles. The average molecular weight is 291 g/mol. The summed E-state index contributed by atoms with van der Waals surface area (Å²) in [6.45, 7) is 6.95. The molecule has 4 nitrogen and oxygen atoms in total. The zero-order valence-corrected chi connectivity index (χ0v) is 13.4. The highest BCUT2D eigenvalue weighted by Crippen LogP contribution is 2.25. The number of likely N-dealkylation sites (tertiary alicyclic amines) is 2. The lowest BCUT2D eigenvalue weighted by Crippen LogP contribution is -2.47. The summed E-state index contributed by atoms with van der Waals surface area (Å²) >= 11 is 0. The molecular formula is C17H29N3O. The Morgan fingerprint density at radius 2 is 2.14 bits per heavy atom. The predicted molar refractivity (Wildman–Crippen MR) is 85.4 cm³/mol.